The van der Waals surface area contributed by atoms with Gasteiger partial charge < -0.3 is 15.2 Å². The van der Waals surface area contributed by atoms with Crippen LogP contribution in [0.15, 0.2) is 60.8 Å². The Balaban J connectivity index is 1.96. The molecule has 0 aliphatic carbocycles. The highest BCUT2D eigenvalue weighted by Gasteiger charge is 2.35. The average molecular weight is 388 g/mol. The Kier molecular flexibility index (Phi) is 14.8. The third-order valence-electron chi connectivity index (χ3n) is 4.28. The van der Waals surface area contributed by atoms with Gasteiger partial charge in [-0.1, -0.05) is 67.7 Å². The van der Waals surface area contributed by atoms with Crippen molar-refractivity contribution in [3.8, 4) is 0 Å². The quantitative estimate of drug-likeness (QED) is 0.296. The first kappa shape index (κ1) is 24.1. The molecule has 2 atom stereocenters. The highest BCUT2D eigenvalue weighted by Crippen LogP contribution is 2.29. The number of aliphatic hydroxyl groups is 1. The van der Waals surface area contributed by atoms with E-state index in [4.69, 9.17) is 9.84 Å². The number of allylic oxidation sites excluding steroid dienone is 8. The molecular formula is C24H37NO3. The molecule has 4 nitrogen and oxygen atoms in total. The minimum absolute atomic E-state index is 0.0111. The first-order valence-electron chi connectivity index (χ1n) is 10.6. The van der Waals surface area contributed by atoms with E-state index in [1.807, 2.05) is 6.08 Å². The van der Waals surface area contributed by atoms with E-state index >= 15 is 0 Å². The van der Waals surface area contributed by atoms with Crippen molar-refractivity contribution >= 4 is 5.91 Å². The van der Waals surface area contributed by atoms with Gasteiger partial charge in [-0.2, -0.15) is 0 Å². The summed E-state index contributed by atoms with van der Waals surface area (Å²) in [6, 6.07) is 0. The van der Waals surface area contributed by atoms with E-state index in [9.17, 15) is 4.79 Å². The first-order chi connectivity index (χ1) is 13.8. The smallest absolute Gasteiger partial charge is 0.220 e. The van der Waals surface area contributed by atoms with Crippen LogP contribution in [0.3, 0.4) is 0 Å². The molecule has 0 aromatic heterocycles. The van der Waals surface area contributed by atoms with Crippen LogP contribution >= 0.6 is 0 Å². The summed E-state index contributed by atoms with van der Waals surface area (Å²) in [6.45, 7) is 2.47. The van der Waals surface area contributed by atoms with E-state index in [1.165, 1.54) is 0 Å². The molecule has 1 amide bonds. The lowest BCUT2D eigenvalue weighted by Gasteiger charge is -1.99. The monoisotopic (exact) mass is 387 g/mol. The summed E-state index contributed by atoms with van der Waals surface area (Å²) >= 11 is 0. The van der Waals surface area contributed by atoms with Crippen molar-refractivity contribution in [2.75, 3.05) is 13.2 Å². The Labute approximate surface area is 170 Å². The number of epoxide rings is 1. The van der Waals surface area contributed by atoms with E-state index in [2.05, 4.69) is 66.9 Å². The summed E-state index contributed by atoms with van der Waals surface area (Å²) in [5.74, 6) is -0.0136. The van der Waals surface area contributed by atoms with E-state index < -0.39 is 0 Å². The number of rotatable bonds is 16. The van der Waals surface area contributed by atoms with Crippen LogP contribution in [-0.4, -0.2) is 36.4 Å². The molecule has 0 aromatic rings. The molecule has 156 valence electrons. The topological polar surface area (TPSA) is 61.9 Å². The number of aliphatic hydroxyl groups excluding tert-OH is 1. The lowest BCUT2D eigenvalue weighted by atomic mass is 10.1. The van der Waals surface area contributed by atoms with Gasteiger partial charge in [-0.3, -0.25) is 4.79 Å². The van der Waals surface area contributed by atoms with Crippen LogP contribution in [0.2, 0.25) is 0 Å². The fraction of sp³-hybridized carbons (Fsp3) is 0.542. The molecule has 1 saturated heterocycles. The molecule has 2 N–H and O–H groups in total. The molecule has 0 spiro atoms. The van der Waals surface area contributed by atoms with Gasteiger partial charge in [-0.15, -0.1) is 0 Å². The van der Waals surface area contributed by atoms with E-state index in [0.29, 0.717) is 25.2 Å². The number of amides is 1. The molecule has 0 bridgehead atoms. The number of carbonyl (C=O) groups excluding carboxylic acids is 1. The third kappa shape index (κ3) is 14.2. The molecule has 1 aliphatic rings. The molecule has 0 saturated carbocycles. The summed E-state index contributed by atoms with van der Waals surface area (Å²) in [4.78, 5) is 11.3. The van der Waals surface area contributed by atoms with Gasteiger partial charge in [0.25, 0.3) is 0 Å². The summed E-state index contributed by atoms with van der Waals surface area (Å²) in [7, 11) is 0. The van der Waals surface area contributed by atoms with Gasteiger partial charge in [0.1, 0.15) is 0 Å². The van der Waals surface area contributed by atoms with Gasteiger partial charge in [-0.05, 0) is 44.9 Å². The maximum atomic E-state index is 11.3. The Bertz CT molecular complexity index is 546. The van der Waals surface area contributed by atoms with Crippen LogP contribution in [0.4, 0.5) is 0 Å². The Morgan fingerprint density at radius 2 is 1.39 bits per heavy atom. The second kappa shape index (κ2) is 17.2. The van der Waals surface area contributed by atoms with Crippen LogP contribution in [0.5, 0.6) is 0 Å². The zero-order chi connectivity index (χ0) is 20.3. The fourth-order valence-electron chi connectivity index (χ4n) is 2.65. The van der Waals surface area contributed by atoms with Crippen molar-refractivity contribution < 1.29 is 14.6 Å². The molecule has 0 aromatic carbocycles. The molecule has 0 radical (unpaired) electrons. The predicted octanol–water partition coefficient (Wildman–Crippen LogP) is 4.78. The zero-order valence-corrected chi connectivity index (χ0v) is 17.3. The molecular weight excluding hydrogens is 350 g/mol. The first-order valence-corrected chi connectivity index (χ1v) is 10.6. The summed E-state index contributed by atoms with van der Waals surface area (Å²) in [5.41, 5.74) is 0. The van der Waals surface area contributed by atoms with Crippen molar-refractivity contribution in [1.82, 2.24) is 5.32 Å². The van der Waals surface area contributed by atoms with Crippen molar-refractivity contribution in [2.24, 2.45) is 0 Å². The van der Waals surface area contributed by atoms with Crippen molar-refractivity contribution in [2.45, 2.75) is 70.5 Å². The van der Waals surface area contributed by atoms with E-state index in [0.717, 1.165) is 44.9 Å². The number of hydrogen-bond donors (Lipinski definition) is 2. The molecule has 28 heavy (non-hydrogen) atoms. The summed E-state index contributed by atoms with van der Waals surface area (Å²) in [6.07, 6.45) is 29.6. The largest absolute Gasteiger partial charge is 0.395 e. The highest BCUT2D eigenvalue weighted by molar-refractivity contribution is 5.75. The normalized spacial score (nSPS) is 19.8. The molecule has 4 heteroatoms. The maximum absolute atomic E-state index is 11.3. The van der Waals surface area contributed by atoms with Crippen LogP contribution in [0, 0.1) is 0 Å². The number of ether oxygens (including phenoxy) is 1. The van der Waals surface area contributed by atoms with Crippen molar-refractivity contribution in [3.63, 3.8) is 0 Å². The Morgan fingerprint density at radius 1 is 0.857 bits per heavy atom. The zero-order valence-electron chi connectivity index (χ0n) is 17.3. The molecule has 1 heterocycles. The molecule has 1 fully saturated rings. The summed E-state index contributed by atoms with van der Waals surface area (Å²) < 4.78 is 5.68. The van der Waals surface area contributed by atoms with E-state index in [-0.39, 0.29) is 12.5 Å². The van der Waals surface area contributed by atoms with Gasteiger partial charge in [0.15, 0.2) is 0 Å². The van der Waals surface area contributed by atoms with Crippen LogP contribution in [-0.2, 0) is 9.53 Å². The lowest BCUT2D eigenvalue weighted by Crippen LogP contribution is -2.25. The molecule has 1 aliphatic heterocycles. The fourth-order valence-corrected chi connectivity index (χ4v) is 2.65. The predicted molar refractivity (Wildman–Crippen MR) is 117 cm³/mol. The minimum atomic E-state index is -0.0136. The van der Waals surface area contributed by atoms with Gasteiger partial charge >= 0.3 is 0 Å². The van der Waals surface area contributed by atoms with Gasteiger partial charge in [0, 0.05) is 13.0 Å². The standard InChI is InChI=1S/C24H37NO3/c1-2-3-4-5-6-7-8-11-14-17-22-23(28-22)18-15-12-9-10-13-16-19-24(27)25-20-21-26/h3-4,6-7,10-15,22-23,26H,2,5,8-9,16-21H2,1H3,(H,25,27)/b4-3-,7-6-,13-10-,14-11-,15-12-. The SMILES string of the molecule is CC/C=C\C/C=C\C/C=C\CC1OC1C/C=C\C/C=C\CCC(=O)NCCO. The van der Waals surface area contributed by atoms with Crippen LogP contribution < -0.4 is 5.32 Å². The van der Waals surface area contributed by atoms with Crippen LogP contribution in [0.25, 0.3) is 0 Å². The van der Waals surface area contributed by atoms with Crippen LogP contribution in [0.1, 0.15) is 58.3 Å². The van der Waals surface area contributed by atoms with Crippen molar-refractivity contribution in [1.29, 1.82) is 0 Å². The number of nitrogens with one attached hydrogen (secondary N) is 1. The third-order valence-corrected chi connectivity index (χ3v) is 4.28. The lowest BCUT2D eigenvalue weighted by molar-refractivity contribution is -0.121. The minimum Gasteiger partial charge on any atom is -0.395 e. The Hall–Kier alpha value is -1.91. The van der Waals surface area contributed by atoms with Gasteiger partial charge in [-0.25, -0.2) is 0 Å². The number of hydrogen-bond acceptors (Lipinski definition) is 3. The maximum Gasteiger partial charge on any atom is 0.220 e. The highest BCUT2D eigenvalue weighted by atomic mass is 16.6. The Morgan fingerprint density at radius 3 is 1.96 bits per heavy atom. The summed E-state index contributed by atoms with van der Waals surface area (Å²) in [5, 5.41) is 11.3. The molecule has 2 unspecified atom stereocenters. The average Bonchev–Trinajstić information content (AvgIpc) is 3.45. The van der Waals surface area contributed by atoms with Gasteiger partial charge in [0.2, 0.25) is 5.91 Å². The second-order valence-electron chi connectivity index (χ2n) is 6.77. The van der Waals surface area contributed by atoms with Gasteiger partial charge in [0.05, 0.1) is 18.8 Å². The molecule has 1 rings (SSSR count). The number of carbonyl (C=O) groups is 1. The second-order valence-corrected chi connectivity index (χ2v) is 6.77. The van der Waals surface area contributed by atoms with Crippen molar-refractivity contribution in [3.05, 3.63) is 60.8 Å². The van der Waals surface area contributed by atoms with E-state index in [1.54, 1.807) is 0 Å².